The molecule has 0 aliphatic rings. The van der Waals surface area contributed by atoms with Crippen LogP contribution in [0.2, 0.25) is 0 Å². The fourth-order valence-electron chi connectivity index (χ4n) is 2.33. The highest BCUT2D eigenvalue weighted by Crippen LogP contribution is 2.28. The maximum absolute atomic E-state index is 11.4. The van der Waals surface area contributed by atoms with Crippen molar-refractivity contribution in [3.8, 4) is 0 Å². The highest BCUT2D eigenvalue weighted by Gasteiger charge is 2.10. The van der Waals surface area contributed by atoms with E-state index in [9.17, 15) is 4.79 Å². The summed E-state index contributed by atoms with van der Waals surface area (Å²) >= 11 is 0. The molecule has 3 aromatic rings. The van der Waals surface area contributed by atoms with Crippen LogP contribution in [0.15, 0.2) is 35.3 Å². The number of pyridine rings is 1. The minimum Gasteiger partial charge on any atom is -0.363 e. The first kappa shape index (κ1) is 10.1. The number of H-pyrrole nitrogens is 2. The Labute approximate surface area is 98.5 Å². The molecule has 86 valence electrons. The number of benzene rings is 1. The van der Waals surface area contributed by atoms with Crippen molar-refractivity contribution in [1.82, 2.24) is 9.97 Å². The van der Waals surface area contributed by atoms with Gasteiger partial charge in [0.2, 0.25) is 0 Å². The Kier molecular flexibility index (Phi) is 2.08. The molecular weight excluding hydrogens is 212 g/mol. The van der Waals surface area contributed by atoms with Crippen molar-refractivity contribution in [3.05, 3.63) is 46.4 Å². The third-order valence-electron chi connectivity index (χ3n) is 3.15. The zero-order valence-corrected chi connectivity index (χ0v) is 9.87. The van der Waals surface area contributed by atoms with Crippen molar-refractivity contribution in [2.24, 2.45) is 0 Å². The Morgan fingerprint density at radius 3 is 2.71 bits per heavy atom. The average Bonchev–Trinajstić information content (AvgIpc) is 2.65. The van der Waals surface area contributed by atoms with E-state index in [1.165, 1.54) is 11.1 Å². The third kappa shape index (κ3) is 1.46. The van der Waals surface area contributed by atoms with Crippen LogP contribution in [0.25, 0.3) is 21.8 Å². The van der Waals surface area contributed by atoms with Crippen LogP contribution in [-0.4, -0.2) is 9.97 Å². The molecule has 17 heavy (non-hydrogen) atoms. The minimum absolute atomic E-state index is 0.0409. The Morgan fingerprint density at radius 2 is 1.94 bits per heavy atom. The number of hydrogen-bond donors (Lipinski definition) is 2. The Hall–Kier alpha value is -2.03. The number of aromatic nitrogens is 2. The van der Waals surface area contributed by atoms with E-state index in [-0.39, 0.29) is 5.43 Å². The van der Waals surface area contributed by atoms with Gasteiger partial charge in [-0.2, -0.15) is 0 Å². The molecule has 1 aromatic carbocycles. The van der Waals surface area contributed by atoms with Crippen LogP contribution in [0.5, 0.6) is 0 Å². The monoisotopic (exact) mass is 226 g/mol. The summed E-state index contributed by atoms with van der Waals surface area (Å²) < 4.78 is 0. The van der Waals surface area contributed by atoms with Crippen LogP contribution < -0.4 is 5.43 Å². The fourth-order valence-corrected chi connectivity index (χ4v) is 2.33. The van der Waals surface area contributed by atoms with E-state index in [0.29, 0.717) is 5.92 Å². The standard InChI is InChI=1S/C14H14N2O/c1-8(2)13-14-11(5-6-15-13)10-4-3-9(17)7-12(10)16-14/h3-8,15-16H,1-2H3. The lowest BCUT2D eigenvalue weighted by molar-refractivity contribution is 0.832. The first-order valence-electron chi connectivity index (χ1n) is 5.80. The van der Waals surface area contributed by atoms with Gasteiger partial charge in [0.15, 0.2) is 5.43 Å². The van der Waals surface area contributed by atoms with Gasteiger partial charge in [-0.05, 0) is 24.1 Å². The van der Waals surface area contributed by atoms with Gasteiger partial charge in [-0.1, -0.05) is 13.8 Å². The van der Waals surface area contributed by atoms with E-state index in [1.807, 2.05) is 18.3 Å². The maximum atomic E-state index is 11.4. The largest absolute Gasteiger partial charge is 0.363 e. The molecule has 0 amide bonds. The van der Waals surface area contributed by atoms with E-state index < -0.39 is 0 Å². The Balaban J connectivity index is 2.50. The normalized spacial score (nSPS) is 11.7. The topological polar surface area (TPSA) is 48.6 Å². The zero-order chi connectivity index (χ0) is 12.0. The lowest BCUT2D eigenvalue weighted by Crippen LogP contribution is -1.93. The van der Waals surface area contributed by atoms with Gasteiger partial charge in [0.1, 0.15) is 0 Å². The quantitative estimate of drug-likeness (QED) is 0.658. The second-order valence-electron chi connectivity index (χ2n) is 4.67. The summed E-state index contributed by atoms with van der Waals surface area (Å²) in [4.78, 5) is 18.0. The van der Waals surface area contributed by atoms with Crippen molar-refractivity contribution < 1.29 is 0 Å². The third-order valence-corrected chi connectivity index (χ3v) is 3.15. The van der Waals surface area contributed by atoms with Gasteiger partial charge in [-0.25, -0.2) is 0 Å². The summed E-state index contributed by atoms with van der Waals surface area (Å²) in [7, 11) is 0. The Morgan fingerprint density at radius 1 is 1.12 bits per heavy atom. The number of nitrogens with one attached hydrogen (secondary N) is 2. The highest BCUT2D eigenvalue weighted by atomic mass is 16.1. The molecule has 3 nitrogen and oxygen atoms in total. The number of rotatable bonds is 1. The minimum atomic E-state index is 0.0409. The molecule has 3 rings (SSSR count). The van der Waals surface area contributed by atoms with Crippen LogP contribution in [0.4, 0.5) is 0 Å². The summed E-state index contributed by atoms with van der Waals surface area (Å²) in [5.41, 5.74) is 3.22. The van der Waals surface area contributed by atoms with Crippen LogP contribution in [0, 0.1) is 0 Å². The van der Waals surface area contributed by atoms with E-state index in [2.05, 4.69) is 23.8 Å². The van der Waals surface area contributed by atoms with Crippen molar-refractivity contribution in [2.45, 2.75) is 19.8 Å². The second kappa shape index (κ2) is 3.48. The van der Waals surface area contributed by atoms with E-state index in [1.54, 1.807) is 12.1 Å². The van der Waals surface area contributed by atoms with E-state index in [0.717, 1.165) is 16.4 Å². The lowest BCUT2D eigenvalue weighted by atomic mass is 10.1. The van der Waals surface area contributed by atoms with Gasteiger partial charge in [-0.3, -0.25) is 4.79 Å². The van der Waals surface area contributed by atoms with Crippen molar-refractivity contribution >= 4 is 21.8 Å². The van der Waals surface area contributed by atoms with Gasteiger partial charge in [0.05, 0.1) is 11.0 Å². The molecule has 0 aliphatic heterocycles. The van der Waals surface area contributed by atoms with Crippen LogP contribution in [0.1, 0.15) is 25.5 Å². The molecule has 0 unspecified atom stereocenters. The number of hydrogen-bond acceptors (Lipinski definition) is 1. The maximum Gasteiger partial charge on any atom is 0.180 e. The summed E-state index contributed by atoms with van der Waals surface area (Å²) in [6.45, 7) is 4.30. The van der Waals surface area contributed by atoms with Crippen molar-refractivity contribution in [3.63, 3.8) is 0 Å². The van der Waals surface area contributed by atoms with Crippen LogP contribution in [0.3, 0.4) is 0 Å². The average molecular weight is 226 g/mol. The van der Waals surface area contributed by atoms with E-state index in [4.69, 9.17) is 0 Å². The molecule has 0 fully saturated rings. The van der Waals surface area contributed by atoms with Gasteiger partial charge >= 0.3 is 0 Å². The summed E-state index contributed by atoms with van der Waals surface area (Å²) in [6, 6.07) is 7.20. The van der Waals surface area contributed by atoms with E-state index >= 15 is 0 Å². The molecule has 0 radical (unpaired) electrons. The summed E-state index contributed by atoms with van der Waals surface area (Å²) in [5.74, 6) is 0.415. The molecule has 3 heteroatoms. The van der Waals surface area contributed by atoms with Crippen LogP contribution in [-0.2, 0) is 0 Å². The number of aromatic amines is 2. The molecule has 2 heterocycles. The molecule has 0 bridgehead atoms. The second-order valence-corrected chi connectivity index (χ2v) is 4.67. The molecule has 0 saturated carbocycles. The highest BCUT2D eigenvalue weighted by molar-refractivity contribution is 6.07. The molecule has 0 atom stereocenters. The lowest BCUT2D eigenvalue weighted by Gasteiger charge is -2.06. The Bertz CT molecular complexity index is 750. The SMILES string of the molecule is CC(C)c1[nH]ccc2c1[nH]c1cc(=O)ccc12. The van der Waals surface area contributed by atoms with Gasteiger partial charge in [-0.15, -0.1) is 0 Å². The molecular formula is C14H14N2O. The smallest absolute Gasteiger partial charge is 0.180 e. The van der Waals surface area contributed by atoms with Gasteiger partial charge in [0.25, 0.3) is 0 Å². The molecule has 0 spiro atoms. The molecule has 0 aliphatic carbocycles. The molecule has 2 aromatic heterocycles. The predicted molar refractivity (Wildman–Crippen MR) is 70.5 cm³/mol. The fraction of sp³-hybridized carbons (Fsp3) is 0.214. The van der Waals surface area contributed by atoms with Gasteiger partial charge < -0.3 is 9.97 Å². The number of fused-ring (bicyclic) bond motifs is 3. The predicted octanol–water partition coefficient (Wildman–Crippen LogP) is 3.13. The zero-order valence-electron chi connectivity index (χ0n) is 9.87. The molecule has 2 N–H and O–H groups in total. The van der Waals surface area contributed by atoms with Crippen molar-refractivity contribution in [1.29, 1.82) is 0 Å². The van der Waals surface area contributed by atoms with Gasteiger partial charge in [0, 0.05) is 28.7 Å². The first-order valence-corrected chi connectivity index (χ1v) is 5.80. The first-order chi connectivity index (χ1) is 8.16. The summed E-state index contributed by atoms with van der Waals surface area (Å²) in [6.07, 6.45) is 1.95. The molecule has 0 saturated heterocycles. The summed E-state index contributed by atoms with van der Waals surface area (Å²) in [5, 5.41) is 2.28. The van der Waals surface area contributed by atoms with Crippen LogP contribution >= 0.6 is 0 Å². The van der Waals surface area contributed by atoms with Crippen molar-refractivity contribution in [2.75, 3.05) is 0 Å².